The number of unbranched alkanes of at least 4 members (excludes halogenated alkanes) is 16. The van der Waals surface area contributed by atoms with Gasteiger partial charge in [0.25, 0.3) is 0 Å². The van der Waals surface area contributed by atoms with E-state index < -0.39 is 0 Å². The van der Waals surface area contributed by atoms with Gasteiger partial charge in [0, 0.05) is 6.42 Å². The van der Waals surface area contributed by atoms with Crippen molar-refractivity contribution in [2.24, 2.45) is 5.92 Å². The number of ether oxygens (including phenoxy) is 1. The van der Waals surface area contributed by atoms with Crippen molar-refractivity contribution in [3.05, 3.63) is 0 Å². The van der Waals surface area contributed by atoms with Gasteiger partial charge >= 0.3 is 5.97 Å². The summed E-state index contributed by atoms with van der Waals surface area (Å²) in [4.78, 5) is 11.0. The van der Waals surface area contributed by atoms with Crippen LogP contribution in [-0.4, -0.2) is 13.1 Å². The van der Waals surface area contributed by atoms with Gasteiger partial charge in [-0.3, -0.25) is 4.79 Å². The number of esters is 1. The molecule has 1 atom stereocenters. The first-order chi connectivity index (χ1) is 13.7. The molecule has 0 fully saturated rings. The molecule has 28 heavy (non-hydrogen) atoms. The monoisotopic (exact) mass is 396 g/mol. The molecule has 0 saturated carbocycles. The van der Waals surface area contributed by atoms with Gasteiger partial charge in [-0.25, -0.2) is 0 Å². The summed E-state index contributed by atoms with van der Waals surface area (Å²) in [6, 6.07) is 0. The van der Waals surface area contributed by atoms with Crippen LogP contribution in [0.5, 0.6) is 0 Å². The average molecular weight is 397 g/mol. The Hall–Kier alpha value is -0.530. The van der Waals surface area contributed by atoms with Crippen molar-refractivity contribution in [3.8, 4) is 0 Å². The molecule has 0 aliphatic rings. The van der Waals surface area contributed by atoms with Crippen LogP contribution in [0.2, 0.25) is 0 Å². The summed E-state index contributed by atoms with van der Waals surface area (Å²) in [7, 11) is 1.47. The smallest absolute Gasteiger partial charge is 0.305 e. The zero-order valence-corrected chi connectivity index (χ0v) is 19.7. The lowest BCUT2D eigenvalue weighted by Crippen LogP contribution is -1.99. The van der Waals surface area contributed by atoms with Gasteiger partial charge in [0.05, 0.1) is 7.11 Å². The molecule has 0 aromatic rings. The van der Waals surface area contributed by atoms with E-state index in [2.05, 4.69) is 18.6 Å². The van der Waals surface area contributed by atoms with E-state index in [0.29, 0.717) is 6.42 Å². The van der Waals surface area contributed by atoms with E-state index in [-0.39, 0.29) is 5.97 Å². The topological polar surface area (TPSA) is 26.3 Å². The first kappa shape index (κ1) is 27.5. The van der Waals surface area contributed by atoms with Crippen molar-refractivity contribution in [2.45, 2.75) is 149 Å². The van der Waals surface area contributed by atoms with Crippen molar-refractivity contribution < 1.29 is 9.53 Å². The molecule has 0 heterocycles. The maximum atomic E-state index is 11.0. The minimum absolute atomic E-state index is 0.0627. The molecule has 0 aliphatic carbocycles. The van der Waals surface area contributed by atoms with Gasteiger partial charge in [-0.2, -0.15) is 0 Å². The van der Waals surface area contributed by atoms with Crippen molar-refractivity contribution >= 4 is 5.97 Å². The molecule has 0 radical (unpaired) electrons. The lowest BCUT2D eigenvalue weighted by atomic mass is 9.96. The van der Waals surface area contributed by atoms with Gasteiger partial charge in [-0.05, 0) is 12.3 Å². The second-order valence-corrected chi connectivity index (χ2v) is 9.02. The van der Waals surface area contributed by atoms with E-state index >= 15 is 0 Å². The highest BCUT2D eigenvalue weighted by atomic mass is 16.5. The summed E-state index contributed by atoms with van der Waals surface area (Å²) in [5.74, 6) is 0.881. The van der Waals surface area contributed by atoms with E-state index in [9.17, 15) is 4.79 Å². The van der Waals surface area contributed by atoms with Crippen LogP contribution >= 0.6 is 0 Å². The lowest BCUT2D eigenvalue weighted by molar-refractivity contribution is -0.140. The molecule has 1 unspecified atom stereocenters. The highest BCUT2D eigenvalue weighted by Crippen LogP contribution is 2.19. The number of rotatable bonds is 22. The second kappa shape index (κ2) is 22.8. The molecule has 0 amide bonds. The fourth-order valence-corrected chi connectivity index (χ4v) is 4.05. The van der Waals surface area contributed by atoms with Crippen LogP contribution in [-0.2, 0) is 9.53 Å². The molecule has 0 aromatic carbocycles. The summed E-state index contributed by atoms with van der Waals surface area (Å²) in [5, 5.41) is 0. The summed E-state index contributed by atoms with van der Waals surface area (Å²) in [6.07, 6.45) is 28.2. The Morgan fingerprint density at radius 3 is 1.36 bits per heavy atom. The molecule has 168 valence electrons. The predicted molar refractivity (Wildman–Crippen MR) is 124 cm³/mol. The SMILES string of the molecule is CCCCCCCCC(C)CCCCCCCCCCCCCCC(=O)OC. The molecule has 2 heteroatoms. The number of hydrogen-bond acceptors (Lipinski definition) is 2. The summed E-state index contributed by atoms with van der Waals surface area (Å²) < 4.78 is 4.66. The van der Waals surface area contributed by atoms with Crippen LogP contribution in [0.25, 0.3) is 0 Å². The molecule has 0 aliphatic heterocycles. The zero-order valence-electron chi connectivity index (χ0n) is 19.7. The van der Waals surface area contributed by atoms with Crippen LogP contribution in [0.4, 0.5) is 0 Å². The molecule has 0 bridgehead atoms. The lowest BCUT2D eigenvalue weighted by Gasteiger charge is -2.11. The molecule has 0 saturated heterocycles. The van der Waals surface area contributed by atoms with E-state index in [4.69, 9.17) is 0 Å². The van der Waals surface area contributed by atoms with Crippen LogP contribution in [0.15, 0.2) is 0 Å². The molecule has 0 aromatic heterocycles. The van der Waals surface area contributed by atoms with Gasteiger partial charge < -0.3 is 4.74 Å². The third-order valence-electron chi connectivity index (χ3n) is 6.11. The first-order valence-electron chi connectivity index (χ1n) is 12.8. The predicted octanol–water partition coefficient (Wildman–Crippen LogP) is 9.01. The minimum Gasteiger partial charge on any atom is -0.469 e. The van der Waals surface area contributed by atoms with E-state index in [1.165, 1.54) is 129 Å². The Balaban J connectivity index is 3.14. The van der Waals surface area contributed by atoms with Gasteiger partial charge in [0.15, 0.2) is 0 Å². The number of methoxy groups -OCH3 is 1. The summed E-state index contributed by atoms with van der Waals surface area (Å²) >= 11 is 0. The van der Waals surface area contributed by atoms with Crippen molar-refractivity contribution in [2.75, 3.05) is 7.11 Å². The average Bonchev–Trinajstić information content (AvgIpc) is 2.70. The van der Waals surface area contributed by atoms with Gasteiger partial charge in [-0.15, -0.1) is 0 Å². The van der Waals surface area contributed by atoms with Crippen LogP contribution in [0.3, 0.4) is 0 Å². The Labute approximate surface area is 177 Å². The minimum atomic E-state index is -0.0627. The highest BCUT2D eigenvalue weighted by molar-refractivity contribution is 5.68. The maximum Gasteiger partial charge on any atom is 0.305 e. The maximum absolute atomic E-state index is 11.0. The van der Waals surface area contributed by atoms with Crippen molar-refractivity contribution in [1.29, 1.82) is 0 Å². The van der Waals surface area contributed by atoms with Gasteiger partial charge in [-0.1, -0.05) is 136 Å². The number of hydrogen-bond donors (Lipinski definition) is 0. The molecule has 0 rings (SSSR count). The third-order valence-corrected chi connectivity index (χ3v) is 6.11. The Bertz CT molecular complexity index is 314. The number of carbonyl (C=O) groups is 1. The molecule has 0 N–H and O–H groups in total. The largest absolute Gasteiger partial charge is 0.469 e. The normalized spacial score (nSPS) is 12.2. The Morgan fingerprint density at radius 2 is 0.964 bits per heavy atom. The van der Waals surface area contributed by atoms with Crippen molar-refractivity contribution in [1.82, 2.24) is 0 Å². The summed E-state index contributed by atoms with van der Waals surface area (Å²) in [5.41, 5.74) is 0. The zero-order chi connectivity index (χ0) is 20.7. The standard InChI is InChI=1S/C26H52O2/c1-4-5-6-7-16-19-22-25(2)23-20-17-14-12-10-8-9-11-13-15-18-21-24-26(27)28-3/h25H,4-24H2,1-3H3. The fourth-order valence-electron chi connectivity index (χ4n) is 4.05. The van der Waals surface area contributed by atoms with Gasteiger partial charge in [0.1, 0.15) is 0 Å². The summed E-state index contributed by atoms with van der Waals surface area (Å²) in [6.45, 7) is 4.75. The van der Waals surface area contributed by atoms with Crippen LogP contribution in [0.1, 0.15) is 149 Å². The van der Waals surface area contributed by atoms with Crippen molar-refractivity contribution in [3.63, 3.8) is 0 Å². The van der Waals surface area contributed by atoms with E-state index in [1.54, 1.807) is 0 Å². The third kappa shape index (κ3) is 21.8. The molecule has 2 nitrogen and oxygen atoms in total. The fraction of sp³-hybridized carbons (Fsp3) is 0.962. The highest BCUT2D eigenvalue weighted by Gasteiger charge is 2.02. The van der Waals surface area contributed by atoms with Crippen LogP contribution < -0.4 is 0 Å². The Morgan fingerprint density at radius 1 is 0.607 bits per heavy atom. The quantitative estimate of drug-likeness (QED) is 0.135. The molecule has 0 spiro atoms. The van der Waals surface area contributed by atoms with E-state index in [1.807, 2.05) is 0 Å². The number of carbonyl (C=O) groups excluding carboxylic acids is 1. The first-order valence-corrected chi connectivity index (χ1v) is 12.8. The molecular weight excluding hydrogens is 344 g/mol. The molecular formula is C26H52O2. The van der Waals surface area contributed by atoms with E-state index in [0.717, 1.165) is 12.3 Å². The Kier molecular flexibility index (Phi) is 22.3. The van der Waals surface area contributed by atoms with Gasteiger partial charge in [0.2, 0.25) is 0 Å². The second-order valence-electron chi connectivity index (χ2n) is 9.02. The van der Waals surface area contributed by atoms with Crippen LogP contribution in [0, 0.1) is 5.92 Å².